The van der Waals surface area contributed by atoms with Gasteiger partial charge < -0.3 is 9.88 Å². The van der Waals surface area contributed by atoms with Crippen molar-refractivity contribution in [3.63, 3.8) is 0 Å². The summed E-state index contributed by atoms with van der Waals surface area (Å²) in [7, 11) is 0. The number of nitrogens with one attached hydrogen (secondary N) is 1. The van der Waals surface area contributed by atoms with Crippen molar-refractivity contribution in [3.05, 3.63) is 60.4 Å². The summed E-state index contributed by atoms with van der Waals surface area (Å²) in [4.78, 5) is 16.2. The smallest absolute Gasteiger partial charge is 0.225 e. The number of nitrogens with zero attached hydrogens (tertiary/aromatic N) is 2. The van der Waals surface area contributed by atoms with E-state index in [1.807, 2.05) is 18.2 Å². The molecule has 4 heteroatoms. The first-order chi connectivity index (χ1) is 11.1. The molecule has 23 heavy (non-hydrogen) atoms. The highest BCUT2D eigenvalue weighted by Gasteiger charge is 2.11. The predicted octanol–water partition coefficient (Wildman–Crippen LogP) is 4.19. The number of fused-ring (bicyclic) bond motifs is 1. The van der Waals surface area contributed by atoms with Crippen LogP contribution in [0.2, 0.25) is 0 Å². The first-order valence-corrected chi connectivity index (χ1v) is 7.94. The van der Waals surface area contributed by atoms with Gasteiger partial charge in [-0.3, -0.25) is 4.79 Å². The van der Waals surface area contributed by atoms with Crippen LogP contribution in [-0.4, -0.2) is 15.5 Å². The molecule has 1 amide bonds. The van der Waals surface area contributed by atoms with Crippen LogP contribution < -0.4 is 5.32 Å². The van der Waals surface area contributed by atoms with Crippen LogP contribution in [0.4, 0.5) is 5.82 Å². The zero-order chi connectivity index (χ0) is 16.2. The Hall–Kier alpha value is -2.62. The lowest BCUT2D eigenvalue weighted by Crippen LogP contribution is -2.13. The largest absolute Gasteiger partial charge is 0.345 e. The fourth-order valence-electron chi connectivity index (χ4n) is 2.79. The van der Waals surface area contributed by atoms with Crippen LogP contribution in [0, 0.1) is 0 Å². The summed E-state index contributed by atoms with van der Waals surface area (Å²) < 4.78 is 2.27. The molecule has 0 atom stereocenters. The topological polar surface area (TPSA) is 46.9 Å². The Kier molecular flexibility index (Phi) is 4.42. The normalized spacial score (nSPS) is 11.1. The Morgan fingerprint density at radius 2 is 1.96 bits per heavy atom. The number of pyridine rings is 1. The van der Waals surface area contributed by atoms with Gasteiger partial charge in [-0.05, 0) is 44.0 Å². The molecule has 0 spiro atoms. The average Bonchev–Trinajstić information content (AvgIpc) is 2.93. The second-order valence-electron chi connectivity index (χ2n) is 5.94. The van der Waals surface area contributed by atoms with Crippen LogP contribution >= 0.6 is 0 Å². The molecule has 0 aliphatic rings. The van der Waals surface area contributed by atoms with Gasteiger partial charge in [0, 0.05) is 35.8 Å². The van der Waals surface area contributed by atoms with Gasteiger partial charge in [0.1, 0.15) is 5.82 Å². The highest BCUT2D eigenvalue weighted by molar-refractivity contribution is 5.90. The minimum absolute atomic E-state index is 0.00919. The van der Waals surface area contributed by atoms with Crippen LogP contribution in [0.25, 0.3) is 10.9 Å². The Balaban J connectivity index is 1.73. The highest BCUT2D eigenvalue weighted by Crippen LogP contribution is 2.25. The summed E-state index contributed by atoms with van der Waals surface area (Å²) in [5, 5.41) is 4.06. The van der Waals surface area contributed by atoms with Gasteiger partial charge >= 0.3 is 0 Å². The molecule has 0 unspecified atom stereocenters. The van der Waals surface area contributed by atoms with Gasteiger partial charge in [0.25, 0.3) is 0 Å². The number of rotatable bonds is 5. The molecule has 0 fully saturated rings. The third-order valence-electron chi connectivity index (χ3n) is 3.93. The molecular weight excluding hydrogens is 286 g/mol. The van der Waals surface area contributed by atoms with Gasteiger partial charge in [-0.15, -0.1) is 0 Å². The molecule has 0 aliphatic heterocycles. The zero-order valence-corrected chi connectivity index (χ0v) is 13.5. The first-order valence-electron chi connectivity index (χ1n) is 7.94. The van der Waals surface area contributed by atoms with E-state index in [1.165, 1.54) is 16.5 Å². The van der Waals surface area contributed by atoms with Crippen molar-refractivity contribution >= 4 is 22.6 Å². The lowest BCUT2D eigenvalue weighted by Gasteiger charge is -2.08. The number of aryl methyl sites for hydroxylation is 1. The average molecular weight is 307 g/mol. The molecule has 3 rings (SSSR count). The monoisotopic (exact) mass is 307 g/mol. The van der Waals surface area contributed by atoms with E-state index in [1.54, 1.807) is 12.3 Å². The van der Waals surface area contributed by atoms with Gasteiger partial charge in [0.05, 0.1) is 0 Å². The van der Waals surface area contributed by atoms with Crippen molar-refractivity contribution in [1.29, 1.82) is 0 Å². The third-order valence-corrected chi connectivity index (χ3v) is 3.93. The van der Waals surface area contributed by atoms with Gasteiger partial charge in [-0.2, -0.15) is 0 Å². The molecule has 3 aromatic rings. The predicted molar refractivity (Wildman–Crippen MR) is 93.5 cm³/mol. The Morgan fingerprint density at radius 3 is 2.70 bits per heavy atom. The van der Waals surface area contributed by atoms with Gasteiger partial charge in [-0.25, -0.2) is 4.98 Å². The number of benzene rings is 1. The molecule has 0 saturated heterocycles. The standard InChI is InChI=1S/C19H21N3O/c1-14(2)22-13-15(16-7-3-4-8-17(16)22)10-11-19(23)21-18-9-5-6-12-20-18/h3-9,12-14H,10-11H2,1-2H3,(H,20,21,23). The Bertz CT molecular complexity index is 806. The molecular formula is C19H21N3O. The van der Waals surface area contributed by atoms with E-state index < -0.39 is 0 Å². The van der Waals surface area contributed by atoms with Crippen molar-refractivity contribution in [2.75, 3.05) is 5.32 Å². The lowest BCUT2D eigenvalue weighted by atomic mass is 10.1. The van der Waals surface area contributed by atoms with Crippen LogP contribution in [-0.2, 0) is 11.2 Å². The number of anilines is 1. The van der Waals surface area contributed by atoms with E-state index in [0.717, 1.165) is 6.42 Å². The summed E-state index contributed by atoms with van der Waals surface area (Å²) in [6.07, 6.45) is 5.01. The summed E-state index contributed by atoms with van der Waals surface area (Å²) in [5.74, 6) is 0.590. The second kappa shape index (κ2) is 6.65. The Labute approximate surface area is 136 Å². The first kappa shape index (κ1) is 15.3. The zero-order valence-electron chi connectivity index (χ0n) is 13.5. The quantitative estimate of drug-likeness (QED) is 0.768. The number of carbonyl (C=O) groups is 1. The van der Waals surface area contributed by atoms with Crippen molar-refractivity contribution in [3.8, 4) is 0 Å². The van der Waals surface area contributed by atoms with E-state index in [-0.39, 0.29) is 5.91 Å². The van der Waals surface area contributed by atoms with Crippen molar-refractivity contribution < 1.29 is 4.79 Å². The molecule has 2 aromatic heterocycles. The van der Waals surface area contributed by atoms with Gasteiger partial charge in [-0.1, -0.05) is 24.3 Å². The minimum Gasteiger partial charge on any atom is -0.345 e. The molecule has 0 bridgehead atoms. The van der Waals surface area contributed by atoms with Crippen molar-refractivity contribution in [2.45, 2.75) is 32.7 Å². The van der Waals surface area contributed by atoms with Crippen LogP contribution in [0.5, 0.6) is 0 Å². The molecule has 0 aliphatic carbocycles. The minimum atomic E-state index is -0.00919. The molecule has 0 saturated carbocycles. The van der Waals surface area contributed by atoms with Gasteiger partial charge in [0.2, 0.25) is 5.91 Å². The van der Waals surface area contributed by atoms with E-state index in [0.29, 0.717) is 18.3 Å². The summed E-state index contributed by atoms with van der Waals surface area (Å²) >= 11 is 0. The maximum Gasteiger partial charge on any atom is 0.225 e. The van der Waals surface area contributed by atoms with E-state index in [4.69, 9.17) is 0 Å². The molecule has 0 radical (unpaired) electrons. The van der Waals surface area contributed by atoms with Crippen molar-refractivity contribution in [1.82, 2.24) is 9.55 Å². The SMILES string of the molecule is CC(C)n1cc(CCC(=O)Nc2ccccn2)c2ccccc21. The van der Waals surface area contributed by atoms with E-state index >= 15 is 0 Å². The second-order valence-corrected chi connectivity index (χ2v) is 5.94. The summed E-state index contributed by atoms with van der Waals surface area (Å²) in [5.41, 5.74) is 2.44. The van der Waals surface area contributed by atoms with Gasteiger partial charge in [0.15, 0.2) is 0 Å². The fraction of sp³-hybridized carbons (Fsp3) is 0.263. The number of para-hydroxylation sites is 1. The Morgan fingerprint density at radius 1 is 1.17 bits per heavy atom. The fourth-order valence-corrected chi connectivity index (χ4v) is 2.79. The molecule has 1 N–H and O–H groups in total. The summed E-state index contributed by atoms with van der Waals surface area (Å²) in [6, 6.07) is 14.2. The number of aromatic nitrogens is 2. The van der Waals surface area contributed by atoms with Crippen molar-refractivity contribution in [2.24, 2.45) is 0 Å². The van der Waals surface area contributed by atoms with Crippen LogP contribution in [0.1, 0.15) is 31.9 Å². The molecule has 118 valence electrons. The van der Waals surface area contributed by atoms with Crippen LogP contribution in [0.15, 0.2) is 54.9 Å². The molecule has 2 heterocycles. The molecule has 1 aromatic carbocycles. The number of hydrogen-bond donors (Lipinski definition) is 1. The van der Waals surface area contributed by atoms with E-state index in [9.17, 15) is 4.79 Å². The van der Waals surface area contributed by atoms with E-state index in [2.05, 4.69) is 53.1 Å². The lowest BCUT2D eigenvalue weighted by molar-refractivity contribution is -0.116. The maximum atomic E-state index is 12.1. The number of carbonyl (C=O) groups excluding carboxylic acids is 1. The maximum absolute atomic E-state index is 12.1. The molecule has 4 nitrogen and oxygen atoms in total. The van der Waals surface area contributed by atoms with Crippen LogP contribution in [0.3, 0.4) is 0 Å². The number of hydrogen-bond acceptors (Lipinski definition) is 2. The highest BCUT2D eigenvalue weighted by atomic mass is 16.1. The summed E-state index contributed by atoms with van der Waals surface area (Å²) in [6.45, 7) is 4.34. The number of amides is 1. The third kappa shape index (κ3) is 3.42.